The molecule has 1 aromatic heterocycles. The first kappa shape index (κ1) is 19.5. The van der Waals surface area contributed by atoms with Gasteiger partial charge in [0.25, 0.3) is 4.99 Å². The van der Waals surface area contributed by atoms with Crippen molar-refractivity contribution in [3.8, 4) is 0 Å². The number of hydrogen-bond donors (Lipinski definition) is 0. The molecule has 6 nitrogen and oxygen atoms in total. The molecule has 1 amide bonds. The van der Waals surface area contributed by atoms with Gasteiger partial charge < -0.3 is 9.69 Å². The van der Waals surface area contributed by atoms with Crippen LogP contribution >= 0.6 is 10.5 Å². The number of anilines is 1. The molecule has 0 aliphatic carbocycles. The molecule has 3 heterocycles. The summed E-state index contributed by atoms with van der Waals surface area (Å²) >= 11 is 0. The monoisotopic (exact) mass is 406 g/mol. The Morgan fingerprint density at radius 3 is 2.52 bits per heavy atom. The Balaban J connectivity index is 1.68. The van der Waals surface area contributed by atoms with Crippen molar-refractivity contribution in [1.82, 2.24) is 9.97 Å². The lowest BCUT2D eigenvalue weighted by Crippen LogP contribution is -2.30. The van der Waals surface area contributed by atoms with Crippen molar-refractivity contribution in [1.29, 1.82) is 0 Å². The smallest absolute Gasteiger partial charge is 0.255 e. The van der Waals surface area contributed by atoms with Gasteiger partial charge in [-0.25, -0.2) is 14.8 Å². The van der Waals surface area contributed by atoms with Gasteiger partial charge in [-0.1, -0.05) is 30.3 Å². The molecule has 4 rings (SSSR count). The molecule has 2 aliphatic heterocycles. The number of ketones is 1. The third-order valence-electron chi connectivity index (χ3n) is 5.56. The summed E-state index contributed by atoms with van der Waals surface area (Å²) in [5.41, 5.74) is 1.61. The molecule has 0 unspecified atom stereocenters. The van der Waals surface area contributed by atoms with Crippen molar-refractivity contribution in [2.24, 2.45) is 11.8 Å². The number of rotatable bonds is 5. The van der Waals surface area contributed by atoms with E-state index in [-0.39, 0.29) is 28.7 Å². The van der Waals surface area contributed by atoms with Gasteiger partial charge in [-0.15, -0.1) is 0 Å². The molecule has 7 heteroatoms. The Hall–Kier alpha value is -2.85. The fourth-order valence-corrected chi connectivity index (χ4v) is 6.34. The number of Topliss-reactive ketones (excluding diaryl/α,β-unsaturated/α-hetero) is 1. The molecule has 1 aromatic carbocycles. The van der Waals surface area contributed by atoms with Gasteiger partial charge in [0.15, 0.2) is 5.78 Å². The topological polar surface area (TPSA) is 67.5 Å². The van der Waals surface area contributed by atoms with Crippen LogP contribution in [0.3, 0.4) is 0 Å². The first-order valence-corrected chi connectivity index (χ1v) is 11.3. The number of nitrogens with zero attached hydrogens (tertiary/aromatic N) is 4. The minimum atomic E-state index is -0.514. The summed E-state index contributed by atoms with van der Waals surface area (Å²) in [6.45, 7) is 7.90. The van der Waals surface area contributed by atoms with E-state index in [0.29, 0.717) is 17.1 Å². The van der Waals surface area contributed by atoms with Gasteiger partial charge in [-0.2, -0.15) is 10.5 Å². The third-order valence-corrected chi connectivity index (χ3v) is 7.96. The highest BCUT2D eigenvalue weighted by atomic mass is 32.2. The van der Waals surface area contributed by atoms with Crippen LogP contribution in [0.2, 0.25) is 0 Å². The standard InChI is InChI=1S/C22H22N4O2S/c1-23-21(29-9-5-6-10-29)20(27)19-14-26(17-12-24-15-25-13-17)22(28)18(19)11-16-7-3-2-4-8-16/h2-4,7-8,12-13,15,18-19H,5-6,9-11,14H2/t18-,19+/m1/s1. The van der Waals surface area contributed by atoms with Crippen LogP contribution in [0.25, 0.3) is 4.85 Å². The maximum atomic E-state index is 13.4. The van der Waals surface area contributed by atoms with E-state index in [0.717, 1.165) is 29.9 Å². The van der Waals surface area contributed by atoms with E-state index in [1.807, 2.05) is 30.3 Å². The average Bonchev–Trinajstić information content (AvgIpc) is 3.39. The highest BCUT2D eigenvalue weighted by Crippen LogP contribution is 2.35. The molecular weight excluding hydrogens is 384 g/mol. The lowest BCUT2D eigenvalue weighted by molar-refractivity contribution is -0.124. The second kappa shape index (κ2) is 8.66. The zero-order chi connectivity index (χ0) is 20.2. The Morgan fingerprint density at radius 2 is 1.86 bits per heavy atom. The van der Waals surface area contributed by atoms with E-state index in [2.05, 4.69) is 14.8 Å². The van der Waals surface area contributed by atoms with Crippen molar-refractivity contribution in [3.63, 3.8) is 0 Å². The van der Waals surface area contributed by atoms with Gasteiger partial charge in [0.2, 0.25) is 5.91 Å². The highest BCUT2D eigenvalue weighted by Gasteiger charge is 2.46. The predicted octanol–water partition coefficient (Wildman–Crippen LogP) is 2.98. The number of aromatic nitrogens is 2. The van der Waals surface area contributed by atoms with Gasteiger partial charge in [-0.05, 0) is 36.3 Å². The van der Waals surface area contributed by atoms with Crippen molar-refractivity contribution >= 4 is 32.9 Å². The van der Waals surface area contributed by atoms with Crippen LogP contribution in [0.1, 0.15) is 18.4 Å². The quantitative estimate of drug-likeness (QED) is 0.566. The molecule has 2 aliphatic rings. The lowest BCUT2D eigenvalue weighted by atomic mass is 9.86. The molecule has 148 valence electrons. The largest absolute Gasteiger partial charge is 0.309 e. The van der Waals surface area contributed by atoms with Gasteiger partial charge in [0.1, 0.15) is 6.33 Å². The van der Waals surface area contributed by atoms with Gasteiger partial charge >= 0.3 is 0 Å². The Bertz CT molecular complexity index is 977. The second-order valence-electron chi connectivity index (χ2n) is 7.34. The first-order chi connectivity index (χ1) is 14.2. The second-order valence-corrected chi connectivity index (χ2v) is 9.53. The van der Waals surface area contributed by atoms with Crippen LogP contribution < -0.4 is 4.90 Å². The lowest BCUT2D eigenvalue weighted by Gasteiger charge is -2.16. The summed E-state index contributed by atoms with van der Waals surface area (Å²) in [5, 5.41) is 0. The maximum Gasteiger partial charge on any atom is 0.255 e. The summed E-state index contributed by atoms with van der Waals surface area (Å²) in [5.74, 6) is 0.612. The molecule has 2 aromatic rings. The van der Waals surface area contributed by atoms with E-state index in [1.54, 1.807) is 17.3 Å². The average molecular weight is 407 g/mol. The van der Waals surface area contributed by atoms with Crippen LogP contribution in [0.4, 0.5) is 5.69 Å². The number of amides is 1. The molecular formula is C22H22N4O2S. The summed E-state index contributed by atoms with van der Waals surface area (Å²) < 4.78 is 0. The zero-order valence-electron chi connectivity index (χ0n) is 16.0. The summed E-state index contributed by atoms with van der Waals surface area (Å²) in [4.78, 5) is 40.4. The first-order valence-electron chi connectivity index (χ1n) is 9.75. The Labute approximate surface area is 172 Å². The fourth-order valence-electron chi connectivity index (χ4n) is 4.08. The molecule has 0 bridgehead atoms. The van der Waals surface area contributed by atoms with Crippen LogP contribution in [0.5, 0.6) is 0 Å². The van der Waals surface area contributed by atoms with E-state index in [1.165, 1.54) is 6.33 Å². The van der Waals surface area contributed by atoms with E-state index < -0.39 is 11.8 Å². The van der Waals surface area contributed by atoms with Crippen molar-refractivity contribution in [3.05, 3.63) is 66.0 Å². The number of benzene rings is 1. The van der Waals surface area contributed by atoms with Gasteiger partial charge in [-0.3, -0.25) is 4.79 Å². The Morgan fingerprint density at radius 1 is 1.17 bits per heavy atom. The van der Waals surface area contributed by atoms with E-state index in [9.17, 15) is 9.59 Å². The number of carbonyl (C=O) groups excluding carboxylic acids is 2. The molecule has 2 saturated heterocycles. The summed E-state index contributed by atoms with van der Waals surface area (Å²) in [6, 6.07) is 9.75. The summed E-state index contributed by atoms with van der Waals surface area (Å²) in [7, 11) is -0.261. The fraction of sp³-hybridized carbons (Fsp3) is 0.364. The number of carbonyl (C=O) groups is 2. The Kier molecular flexibility index (Phi) is 5.81. The predicted molar refractivity (Wildman–Crippen MR) is 115 cm³/mol. The minimum Gasteiger partial charge on any atom is -0.309 e. The van der Waals surface area contributed by atoms with Crippen molar-refractivity contribution < 1.29 is 9.59 Å². The van der Waals surface area contributed by atoms with E-state index in [4.69, 9.17) is 6.57 Å². The molecule has 0 spiro atoms. The third kappa shape index (κ3) is 3.99. The van der Waals surface area contributed by atoms with Crippen molar-refractivity contribution in [2.75, 3.05) is 23.0 Å². The molecule has 0 N–H and O–H groups in total. The number of hydrogen-bond acceptors (Lipinski definition) is 4. The molecule has 0 radical (unpaired) electrons. The van der Waals surface area contributed by atoms with Crippen LogP contribution in [0, 0.1) is 18.4 Å². The van der Waals surface area contributed by atoms with Gasteiger partial charge in [0.05, 0.1) is 30.6 Å². The summed E-state index contributed by atoms with van der Waals surface area (Å²) in [6.07, 6.45) is 7.23. The highest BCUT2D eigenvalue weighted by molar-refractivity contribution is 8.17. The SMILES string of the molecule is [C-]#[N+]C(C(=O)[C@H]1CN(c2cncnc2)C(=O)[C@@H]1Cc1ccccc1)=S1CCCC1. The molecule has 2 atom stereocenters. The van der Waals surface area contributed by atoms with Crippen molar-refractivity contribution in [2.45, 2.75) is 19.3 Å². The maximum absolute atomic E-state index is 13.4. The minimum absolute atomic E-state index is 0.0962. The molecule has 0 saturated carbocycles. The van der Waals surface area contributed by atoms with Crippen LogP contribution in [-0.2, 0) is 16.0 Å². The normalized spacial score (nSPS) is 21.9. The van der Waals surface area contributed by atoms with Crippen LogP contribution in [0.15, 0.2) is 49.1 Å². The molecule has 29 heavy (non-hydrogen) atoms. The van der Waals surface area contributed by atoms with Crippen LogP contribution in [-0.4, -0.2) is 44.7 Å². The zero-order valence-corrected chi connectivity index (χ0v) is 16.8. The molecule has 2 fully saturated rings. The van der Waals surface area contributed by atoms with E-state index >= 15 is 0 Å². The van der Waals surface area contributed by atoms with Gasteiger partial charge in [0, 0.05) is 12.5 Å².